The zero-order valence-electron chi connectivity index (χ0n) is 19.1. The third kappa shape index (κ3) is 4.83. The molecule has 1 aliphatic rings. The molecular formula is C23H24F2N8O2. The SMILES string of the molecule is COc1cccc2c1nc(C(F)F)n2-c1nc(NCCc2ccncc2)nc(N2CCOCC2)n1. The third-order valence-corrected chi connectivity index (χ3v) is 5.64. The van der Waals surface area contributed by atoms with Crippen LogP contribution in [0.2, 0.25) is 0 Å². The molecule has 12 heteroatoms. The minimum absolute atomic E-state index is 0.0546. The number of morpholine rings is 1. The molecule has 1 fully saturated rings. The fourth-order valence-electron chi connectivity index (χ4n) is 3.92. The van der Waals surface area contributed by atoms with E-state index >= 15 is 0 Å². The molecule has 0 aliphatic carbocycles. The predicted molar refractivity (Wildman–Crippen MR) is 125 cm³/mol. The maximum absolute atomic E-state index is 14.1. The predicted octanol–water partition coefficient (Wildman–Crippen LogP) is 3.04. The van der Waals surface area contributed by atoms with Crippen LogP contribution >= 0.6 is 0 Å². The molecule has 182 valence electrons. The van der Waals surface area contributed by atoms with Crippen molar-refractivity contribution in [1.29, 1.82) is 0 Å². The number of alkyl halides is 2. The average molecular weight is 482 g/mol. The van der Waals surface area contributed by atoms with Crippen LogP contribution in [0.1, 0.15) is 17.8 Å². The van der Waals surface area contributed by atoms with Gasteiger partial charge in [0.05, 0.1) is 25.8 Å². The van der Waals surface area contributed by atoms with Gasteiger partial charge in [-0.1, -0.05) is 6.07 Å². The number of imidazole rings is 1. The van der Waals surface area contributed by atoms with Gasteiger partial charge >= 0.3 is 0 Å². The summed E-state index contributed by atoms with van der Waals surface area (Å²) in [5.74, 6) is 0.650. The molecule has 0 unspecified atom stereocenters. The lowest BCUT2D eigenvalue weighted by atomic mass is 10.2. The topological polar surface area (TPSA) is 103 Å². The third-order valence-electron chi connectivity index (χ3n) is 5.64. The number of methoxy groups -OCH3 is 1. The molecule has 4 heterocycles. The lowest BCUT2D eigenvalue weighted by molar-refractivity contribution is 0.122. The van der Waals surface area contributed by atoms with Gasteiger partial charge in [0, 0.05) is 32.0 Å². The van der Waals surface area contributed by atoms with Gasteiger partial charge in [0.25, 0.3) is 6.43 Å². The maximum atomic E-state index is 14.1. The highest BCUT2D eigenvalue weighted by molar-refractivity contribution is 5.84. The van der Waals surface area contributed by atoms with E-state index in [0.717, 1.165) is 5.56 Å². The highest BCUT2D eigenvalue weighted by atomic mass is 19.3. The molecule has 35 heavy (non-hydrogen) atoms. The first-order valence-electron chi connectivity index (χ1n) is 11.2. The molecular weight excluding hydrogens is 458 g/mol. The Morgan fingerprint density at radius 3 is 2.54 bits per heavy atom. The van der Waals surface area contributed by atoms with Crippen LogP contribution in [0.5, 0.6) is 5.75 Å². The molecule has 4 aromatic rings. The summed E-state index contributed by atoms with van der Waals surface area (Å²) in [6.07, 6.45) is 1.33. The summed E-state index contributed by atoms with van der Waals surface area (Å²) in [5, 5.41) is 3.21. The van der Waals surface area contributed by atoms with Gasteiger partial charge < -0.3 is 19.7 Å². The number of pyridine rings is 1. The van der Waals surface area contributed by atoms with Crippen molar-refractivity contribution >= 4 is 22.9 Å². The summed E-state index contributed by atoms with van der Waals surface area (Å²) in [4.78, 5) is 23.8. The zero-order valence-corrected chi connectivity index (χ0v) is 19.1. The summed E-state index contributed by atoms with van der Waals surface area (Å²) >= 11 is 0. The Labute approximate surface area is 200 Å². The van der Waals surface area contributed by atoms with Crippen LogP contribution in [0.15, 0.2) is 42.7 Å². The van der Waals surface area contributed by atoms with Crippen molar-refractivity contribution in [3.05, 3.63) is 54.1 Å². The molecule has 3 aromatic heterocycles. The minimum atomic E-state index is -2.85. The Bertz CT molecular complexity index is 1300. The van der Waals surface area contributed by atoms with Crippen LogP contribution in [-0.2, 0) is 11.2 Å². The number of fused-ring (bicyclic) bond motifs is 1. The number of aromatic nitrogens is 6. The summed E-state index contributed by atoms with van der Waals surface area (Å²) in [6.45, 7) is 2.76. The van der Waals surface area contributed by atoms with Crippen molar-refractivity contribution in [3.8, 4) is 11.7 Å². The normalized spacial score (nSPS) is 14.0. The fraction of sp³-hybridized carbons (Fsp3) is 0.348. The van der Waals surface area contributed by atoms with E-state index in [-0.39, 0.29) is 11.9 Å². The highest BCUT2D eigenvalue weighted by Gasteiger charge is 2.25. The van der Waals surface area contributed by atoms with Gasteiger partial charge in [-0.2, -0.15) is 15.0 Å². The van der Waals surface area contributed by atoms with Crippen LogP contribution in [0.4, 0.5) is 20.7 Å². The van der Waals surface area contributed by atoms with E-state index in [0.29, 0.717) is 62.0 Å². The van der Waals surface area contributed by atoms with Crippen LogP contribution in [0.3, 0.4) is 0 Å². The van der Waals surface area contributed by atoms with Gasteiger partial charge in [0.2, 0.25) is 17.8 Å². The second kappa shape index (κ2) is 10.1. The first kappa shape index (κ1) is 22.8. The molecule has 0 radical (unpaired) electrons. The molecule has 0 spiro atoms. The minimum Gasteiger partial charge on any atom is -0.494 e. The Kier molecular flexibility index (Phi) is 6.62. The number of hydrogen-bond acceptors (Lipinski definition) is 9. The van der Waals surface area contributed by atoms with Gasteiger partial charge in [-0.25, -0.2) is 13.8 Å². The largest absolute Gasteiger partial charge is 0.494 e. The monoisotopic (exact) mass is 482 g/mol. The Hall–Kier alpha value is -3.93. The lowest BCUT2D eigenvalue weighted by Crippen LogP contribution is -2.37. The molecule has 0 bridgehead atoms. The Morgan fingerprint density at radius 2 is 1.80 bits per heavy atom. The van der Waals surface area contributed by atoms with Crippen LogP contribution < -0.4 is 15.0 Å². The number of nitrogens with zero attached hydrogens (tertiary/aromatic N) is 7. The van der Waals surface area contributed by atoms with Crippen molar-refractivity contribution in [2.45, 2.75) is 12.8 Å². The lowest BCUT2D eigenvalue weighted by Gasteiger charge is -2.27. The first-order valence-corrected chi connectivity index (χ1v) is 11.2. The zero-order chi connectivity index (χ0) is 24.2. The number of para-hydroxylation sites is 1. The maximum Gasteiger partial charge on any atom is 0.296 e. The van der Waals surface area contributed by atoms with Crippen molar-refractivity contribution < 1.29 is 18.3 Å². The van der Waals surface area contributed by atoms with Crippen molar-refractivity contribution in [3.63, 3.8) is 0 Å². The summed E-state index contributed by atoms with van der Waals surface area (Å²) < 4.78 is 40.2. The molecule has 10 nitrogen and oxygen atoms in total. The smallest absolute Gasteiger partial charge is 0.296 e. The number of anilines is 2. The number of rotatable bonds is 8. The number of halogens is 2. The Balaban J connectivity index is 1.56. The summed E-state index contributed by atoms with van der Waals surface area (Å²) in [5.41, 5.74) is 1.83. The summed E-state index contributed by atoms with van der Waals surface area (Å²) in [6, 6.07) is 8.94. The fourth-order valence-corrected chi connectivity index (χ4v) is 3.92. The quantitative estimate of drug-likeness (QED) is 0.406. The van der Waals surface area contributed by atoms with E-state index in [1.54, 1.807) is 30.6 Å². The van der Waals surface area contributed by atoms with Crippen LogP contribution in [-0.4, -0.2) is 69.4 Å². The summed E-state index contributed by atoms with van der Waals surface area (Å²) in [7, 11) is 1.47. The molecule has 0 atom stereocenters. The van der Waals surface area contributed by atoms with E-state index in [1.165, 1.54) is 11.7 Å². The van der Waals surface area contributed by atoms with E-state index < -0.39 is 12.2 Å². The van der Waals surface area contributed by atoms with Gasteiger partial charge in [-0.3, -0.25) is 9.55 Å². The molecule has 0 saturated carbocycles. The van der Waals surface area contributed by atoms with Crippen molar-refractivity contribution in [2.24, 2.45) is 0 Å². The average Bonchev–Trinajstić information content (AvgIpc) is 3.30. The highest BCUT2D eigenvalue weighted by Crippen LogP contribution is 2.32. The second-order valence-corrected chi connectivity index (χ2v) is 7.82. The number of hydrogen-bond donors (Lipinski definition) is 1. The second-order valence-electron chi connectivity index (χ2n) is 7.82. The molecule has 1 N–H and O–H groups in total. The van der Waals surface area contributed by atoms with E-state index in [9.17, 15) is 8.78 Å². The van der Waals surface area contributed by atoms with Gasteiger partial charge in [0.1, 0.15) is 11.3 Å². The number of nitrogens with one attached hydrogen (secondary N) is 1. The molecule has 5 rings (SSSR count). The van der Waals surface area contributed by atoms with E-state index in [4.69, 9.17) is 9.47 Å². The van der Waals surface area contributed by atoms with Crippen molar-refractivity contribution in [2.75, 3.05) is 50.2 Å². The van der Waals surface area contributed by atoms with Gasteiger partial charge in [0.15, 0.2) is 5.82 Å². The van der Waals surface area contributed by atoms with Crippen LogP contribution in [0.25, 0.3) is 17.0 Å². The van der Waals surface area contributed by atoms with Crippen LogP contribution in [0, 0.1) is 0 Å². The van der Waals surface area contributed by atoms with Crippen molar-refractivity contribution in [1.82, 2.24) is 29.5 Å². The van der Waals surface area contributed by atoms with Gasteiger partial charge in [-0.05, 0) is 36.2 Å². The molecule has 1 aromatic carbocycles. The molecule has 1 saturated heterocycles. The number of ether oxygens (including phenoxy) is 2. The Morgan fingerprint density at radius 1 is 1.03 bits per heavy atom. The molecule has 1 aliphatic heterocycles. The standard InChI is InChI=1S/C23H24F2N8O2/c1-34-17-4-2-3-16-18(17)28-20(19(24)25)33(16)23-30-21(27-10-7-15-5-8-26-9-6-15)29-22(31-23)32-11-13-35-14-12-32/h2-6,8-9,19H,7,10-14H2,1H3,(H,27,29,30,31). The van der Waals surface area contributed by atoms with E-state index in [1.807, 2.05) is 17.0 Å². The van der Waals surface area contributed by atoms with Gasteiger partial charge in [-0.15, -0.1) is 0 Å². The molecule has 0 amide bonds. The first-order chi connectivity index (χ1) is 17.1. The van der Waals surface area contributed by atoms with E-state index in [2.05, 4.69) is 30.2 Å². The number of benzene rings is 1.